The van der Waals surface area contributed by atoms with Crippen molar-refractivity contribution in [3.63, 3.8) is 0 Å². The molecule has 2 saturated heterocycles. The molecular formula is C18H29N3O4. The van der Waals surface area contributed by atoms with Crippen LogP contribution in [0.1, 0.15) is 52.4 Å². The summed E-state index contributed by atoms with van der Waals surface area (Å²) in [6.07, 6.45) is 5.05. The molecule has 1 N–H and O–H groups in total. The first-order chi connectivity index (χ1) is 11.9. The molecule has 25 heavy (non-hydrogen) atoms. The van der Waals surface area contributed by atoms with E-state index in [0.717, 1.165) is 45.1 Å². The van der Waals surface area contributed by atoms with Crippen LogP contribution in [-0.2, 0) is 14.3 Å². The summed E-state index contributed by atoms with van der Waals surface area (Å²) in [6.45, 7) is 5.96. The van der Waals surface area contributed by atoms with Crippen LogP contribution in [-0.4, -0.2) is 59.6 Å². The number of carbonyl (C=O) groups excluding carboxylic acids is 3. The fraction of sp³-hybridized carbons (Fsp3) is 0.833. The number of nitrogens with zero attached hydrogens (tertiary/aromatic N) is 2. The second-order valence-electron chi connectivity index (χ2n) is 7.74. The van der Waals surface area contributed by atoms with Crippen LogP contribution >= 0.6 is 0 Å². The largest absolute Gasteiger partial charge is 0.466 e. The van der Waals surface area contributed by atoms with Gasteiger partial charge in [-0.05, 0) is 57.9 Å². The van der Waals surface area contributed by atoms with Gasteiger partial charge in [0.2, 0.25) is 0 Å². The van der Waals surface area contributed by atoms with Gasteiger partial charge in [-0.2, -0.15) is 0 Å². The first-order valence-electron chi connectivity index (χ1n) is 9.48. The number of carbonyl (C=O) groups is 3. The maximum Gasteiger partial charge on any atom is 0.326 e. The van der Waals surface area contributed by atoms with E-state index in [4.69, 9.17) is 4.74 Å². The lowest BCUT2D eigenvalue weighted by atomic mass is 9.77. The second-order valence-corrected chi connectivity index (χ2v) is 7.74. The third-order valence-corrected chi connectivity index (χ3v) is 5.84. The van der Waals surface area contributed by atoms with Crippen molar-refractivity contribution >= 4 is 17.9 Å². The summed E-state index contributed by atoms with van der Waals surface area (Å²) in [5.41, 5.74) is -0.695. The smallest absolute Gasteiger partial charge is 0.326 e. The van der Waals surface area contributed by atoms with Gasteiger partial charge >= 0.3 is 12.0 Å². The SMILES string of the molecule is CCOC(=O)[C@H]1CCCN(CN2C(=O)NC3(CCC(C)CC3)C2=O)C1. The zero-order chi connectivity index (χ0) is 18.0. The van der Waals surface area contributed by atoms with Gasteiger partial charge < -0.3 is 10.1 Å². The lowest BCUT2D eigenvalue weighted by Crippen LogP contribution is -2.51. The fourth-order valence-corrected chi connectivity index (χ4v) is 4.23. The zero-order valence-corrected chi connectivity index (χ0v) is 15.3. The molecule has 1 spiro atoms. The number of hydrogen-bond donors (Lipinski definition) is 1. The van der Waals surface area contributed by atoms with Crippen molar-refractivity contribution in [2.45, 2.75) is 57.9 Å². The normalized spacial score (nSPS) is 33.6. The minimum Gasteiger partial charge on any atom is -0.466 e. The highest BCUT2D eigenvalue weighted by Crippen LogP contribution is 2.36. The standard InChI is InChI=1S/C18H29N3O4/c1-3-25-15(22)14-5-4-10-20(11-14)12-21-16(23)18(19-17(21)24)8-6-13(2)7-9-18/h13-14H,3-12H2,1-2H3,(H,19,24)/t13?,14-,18?/m0/s1. The van der Waals surface area contributed by atoms with E-state index in [9.17, 15) is 14.4 Å². The minimum absolute atomic E-state index is 0.0948. The number of amides is 3. The summed E-state index contributed by atoms with van der Waals surface area (Å²) in [6, 6.07) is -0.294. The Hall–Kier alpha value is -1.63. The van der Waals surface area contributed by atoms with E-state index in [0.29, 0.717) is 19.1 Å². The molecule has 7 heteroatoms. The summed E-state index contributed by atoms with van der Waals surface area (Å²) in [4.78, 5) is 40.7. The van der Waals surface area contributed by atoms with E-state index in [1.807, 2.05) is 4.90 Å². The number of ether oxygens (including phenoxy) is 1. The number of nitrogens with one attached hydrogen (secondary N) is 1. The van der Waals surface area contributed by atoms with Gasteiger partial charge in [-0.15, -0.1) is 0 Å². The lowest BCUT2D eigenvalue weighted by Gasteiger charge is -2.35. The highest BCUT2D eigenvalue weighted by atomic mass is 16.5. The van der Waals surface area contributed by atoms with Gasteiger partial charge in [-0.3, -0.25) is 14.5 Å². The van der Waals surface area contributed by atoms with Crippen LogP contribution in [0.15, 0.2) is 0 Å². The Morgan fingerprint density at radius 3 is 2.68 bits per heavy atom. The Kier molecular flexibility index (Phi) is 5.32. The fourth-order valence-electron chi connectivity index (χ4n) is 4.23. The first kappa shape index (κ1) is 18.2. The molecule has 0 aromatic carbocycles. The Bertz CT molecular complexity index is 542. The number of hydrogen-bond acceptors (Lipinski definition) is 5. The molecule has 2 aliphatic heterocycles. The Morgan fingerprint density at radius 1 is 1.28 bits per heavy atom. The number of esters is 1. The van der Waals surface area contributed by atoms with Crippen molar-refractivity contribution in [2.75, 3.05) is 26.4 Å². The molecule has 1 saturated carbocycles. The molecule has 140 valence electrons. The van der Waals surface area contributed by atoms with Gasteiger partial charge in [0, 0.05) is 6.54 Å². The summed E-state index contributed by atoms with van der Waals surface area (Å²) >= 11 is 0. The summed E-state index contributed by atoms with van der Waals surface area (Å²) < 4.78 is 5.12. The third-order valence-electron chi connectivity index (χ3n) is 5.84. The van der Waals surface area contributed by atoms with Crippen LogP contribution < -0.4 is 5.32 Å². The average molecular weight is 351 g/mol. The molecular weight excluding hydrogens is 322 g/mol. The summed E-state index contributed by atoms with van der Waals surface area (Å²) in [5, 5.41) is 2.95. The molecule has 0 bridgehead atoms. The number of imide groups is 1. The second kappa shape index (κ2) is 7.32. The molecule has 0 aromatic rings. The number of rotatable bonds is 4. The van der Waals surface area contributed by atoms with Gasteiger partial charge in [-0.25, -0.2) is 9.69 Å². The maximum atomic E-state index is 12.9. The molecule has 3 fully saturated rings. The molecule has 2 heterocycles. The Balaban J connectivity index is 1.61. The average Bonchev–Trinajstić information content (AvgIpc) is 2.83. The first-order valence-corrected chi connectivity index (χ1v) is 9.48. The van der Waals surface area contributed by atoms with Gasteiger partial charge in [0.25, 0.3) is 5.91 Å². The van der Waals surface area contributed by atoms with Gasteiger partial charge in [-0.1, -0.05) is 6.92 Å². The molecule has 1 aliphatic carbocycles. The molecule has 3 amide bonds. The summed E-state index contributed by atoms with van der Waals surface area (Å²) in [5.74, 6) is 0.167. The molecule has 3 aliphatic rings. The maximum absolute atomic E-state index is 12.9. The Morgan fingerprint density at radius 2 is 2.00 bits per heavy atom. The highest BCUT2D eigenvalue weighted by molar-refractivity contribution is 6.07. The third kappa shape index (κ3) is 3.66. The number of urea groups is 1. The topological polar surface area (TPSA) is 79.0 Å². The quantitative estimate of drug-likeness (QED) is 0.616. The molecule has 0 aromatic heterocycles. The van der Waals surface area contributed by atoms with Crippen molar-refractivity contribution in [2.24, 2.45) is 11.8 Å². The summed E-state index contributed by atoms with van der Waals surface area (Å²) in [7, 11) is 0. The monoisotopic (exact) mass is 351 g/mol. The van der Waals surface area contributed by atoms with Crippen molar-refractivity contribution < 1.29 is 19.1 Å². The van der Waals surface area contributed by atoms with Crippen molar-refractivity contribution in [3.05, 3.63) is 0 Å². The molecule has 7 nitrogen and oxygen atoms in total. The number of piperidine rings is 1. The zero-order valence-electron chi connectivity index (χ0n) is 15.3. The van der Waals surface area contributed by atoms with E-state index in [2.05, 4.69) is 12.2 Å². The predicted molar refractivity (Wildman–Crippen MR) is 91.5 cm³/mol. The van der Waals surface area contributed by atoms with Crippen molar-refractivity contribution in [1.29, 1.82) is 0 Å². The molecule has 3 rings (SSSR count). The Labute approximate surface area is 149 Å². The van der Waals surface area contributed by atoms with Gasteiger partial charge in [0.05, 0.1) is 19.2 Å². The predicted octanol–water partition coefficient (Wildman–Crippen LogP) is 1.72. The lowest BCUT2D eigenvalue weighted by molar-refractivity contribution is -0.150. The molecule has 0 unspecified atom stereocenters. The van der Waals surface area contributed by atoms with E-state index in [1.165, 1.54) is 4.90 Å². The van der Waals surface area contributed by atoms with Crippen LogP contribution in [0.25, 0.3) is 0 Å². The van der Waals surface area contributed by atoms with Crippen molar-refractivity contribution in [1.82, 2.24) is 15.1 Å². The van der Waals surface area contributed by atoms with Crippen LogP contribution in [0.5, 0.6) is 0 Å². The van der Waals surface area contributed by atoms with Gasteiger partial charge in [0.1, 0.15) is 5.54 Å². The van der Waals surface area contributed by atoms with Crippen molar-refractivity contribution in [3.8, 4) is 0 Å². The van der Waals surface area contributed by atoms with E-state index < -0.39 is 5.54 Å². The van der Waals surface area contributed by atoms with E-state index in [1.54, 1.807) is 6.92 Å². The van der Waals surface area contributed by atoms with Crippen LogP contribution in [0.4, 0.5) is 4.79 Å². The molecule has 0 radical (unpaired) electrons. The van der Waals surface area contributed by atoms with E-state index >= 15 is 0 Å². The van der Waals surface area contributed by atoms with Crippen LogP contribution in [0.3, 0.4) is 0 Å². The minimum atomic E-state index is -0.695. The van der Waals surface area contributed by atoms with Crippen LogP contribution in [0.2, 0.25) is 0 Å². The highest BCUT2D eigenvalue weighted by Gasteiger charge is 2.52. The van der Waals surface area contributed by atoms with E-state index in [-0.39, 0.29) is 30.5 Å². The number of likely N-dealkylation sites (tertiary alicyclic amines) is 1. The molecule has 1 atom stereocenters. The van der Waals surface area contributed by atoms with Crippen LogP contribution in [0, 0.1) is 11.8 Å². The van der Waals surface area contributed by atoms with Gasteiger partial charge in [0.15, 0.2) is 0 Å².